The lowest BCUT2D eigenvalue weighted by molar-refractivity contribution is -0.160. The van der Waals surface area contributed by atoms with E-state index >= 15 is 0 Å². The van der Waals surface area contributed by atoms with Crippen LogP contribution in [0.1, 0.15) is 71.6 Å². The maximum atomic E-state index is 12.3. The van der Waals surface area contributed by atoms with Gasteiger partial charge in [-0.15, -0.1) is 0 Å². The highest BCUT2D eigenvalue weighted by Crippen LogP contribution is 2.33. The molecule has 0 unspecified atom stereocenters. The van der Waals surface area contributed by atoms with E-state index in [2.05, 4.69) is 0 Å². The van der Waals surface area contributed by atoms with Gasteiger partial charge in [0.2, 0.25) is 0 Å². The van der Waals surface area contributed by atoms with Crippen molar-refractivity contribution < 1.29 is 19.1 Å². The number of carbonyl (C=O) groups excluding carboxylic acids is 2. The smallest absolute Gasteiger partial charge is 0.309 e. The third kappa shape index (κ3) is 5.01. The Morgan fingerprint density at radius 3 is 2.14 bits per heavy atom. The molecule has 2 rings (SSSR count). The second-order valence-electron chi connectivity index (χ2n) is 6.66. The summed E-state index contributed by atoms with van der Waals surface area (Å²) in [6.07, 6.45) is 9.22. The summed E-state index contributed by atoms with van der Waals surface area (Å²) in [5, 5.41) is 0. The molecular formula is C17H28O4. The molecule has 2 aliphatic rings. The molecule has 2 aliphatic carbocycles. The minimum absolute atomic E-state index is 0.0283. The summed E-state index contributed by atoms with van der Waals surface area (Å²) >= 11 is 0. The van der Waals surface area contributed by atoms with Gasteiger partial charge in [0.1, 0.15) is 12.2 Å². The number of hydrogen-bond acceptors (Lipinski definition) is 4. The summed E-state index contributed by atoms with van der Waals surface area (Å²) < 4.78 is 11.1. The van der Waals surface area contributed by atoms with E-state index in [0.29, 0.717) is 12.3 Å². The molecule has 2 fully saturated rings. The van der Waals surface area contributed by atoms with Crippen molar-refractivity contribution in [3.05, 3.63) is 0 Å². The average molecular weight is 296 g/mol. The van der Waals surface area contributed by atoms with Crippen molar-refractivity contribution in [2.24, 2.45) is 11.8 Å². The van der Waals surface area contributed by atoms with Gasteiger partial charge >= 0.3 is 11.9 Å². The topological polar surface area (TPSA) is 52.6 Å². The van der Waals surface area contributed by atoms with Crippen LogP contribution in [0.4, 0.5) is 0 Å². The van der Waals surface area contributed by atoms with Crippen molar-refractivity contribution in [1.82, 2.24) is 0 Å². The Kier molecular flexibility index (Phi) is 6.07. The Hall–Kier alpha value is -1.06. The SMILES string of the molecule is CC(=O)O[C@H](C)C[C@H](OC(=O)C1CCCC1)C1CCCC1. The van der Waals surface area contributed by atoms with Crippen LogP contribution in [-0.4, -0.2) is 24.1 Å². The monoisotopic (exact) mass is 296 g/mol. The molecule has 2 atom stereocenters. The molecule has 0 aromatic carbocycles. The van der Waals surface area contributed by atoms with Gasteiger partial charge in [0.05, 0.1) is 5.92 Å². The fourth-order valence-electron chi connectivity index (χ4n) is 3.73. The van der Waals surface area contributed by atoms with Crippen LogP contribution in [0.15, 0.2) is 0 Å². The molecule has 120 valence electrons. The molecule has 0 bridgehead atoms. The normalized spacial score (nSPS) is 23.0. The lowest BCUT2D eigenvalue weighted by Gasteiger charge is -2.27. The second-order valence-corrected chi connectivity index (χ2v) is 6.66. The van der Waals surface area contributed by atoms with Gasteiger partial charge in [-0.2, -0.15) is 0 Å². The van der Waals surface area contributed by atoms with Gasteiger partial charge in [0, 0.05) is 13.3 Å². The third-order valence-electron chi connectivity index (χ3n) is 4.81. The number of ether oxygens (including phenoxy) is 2. The fourth-order valence-corrected chi connectivity index (χ4v) is 3.73. The van der Waals surface area contributed by atoms with Crippen molar-refractivity contribution in [2.75, 3.05) is 0 Å². The van der Waals surface area contributed by atoms with E-state index in [1.165, 1.54) is 19.8 Å². The first-order valence-corrected chi connectivity index (χ1v) is 8.44. The number of hydrogen-bond donors (Lipinski definition) is 0. The molecule has 4 heteroatoms. The molecular weight excluding hydrogens is 268 g/mol. The molecule has 0 heterocycles. The van der Waals surface area contributed by atoms with Gasteiger partial charge < -0.3 is 9.47 Å². The number of rotatable bonds is 6. The van der Waals surface area contributed by atoms with E-state index in [1.807, 2.05) is 6.92 Å². The molecule has 21 heavy (non-hydrogen) atoms. The van der Waals surface area contributed by atoms with Crippen molar-refractivity contribution in [2.45, 2.75) is 83.8 Å². The van der Waals surface area contributed by atoms with E-state index in [-0.39, 0.29) is 30.1 Å². The molecule has 4 nitrogen and oxygen atoms in total. The summed E-state index contributed by atoms with van der Waals surface area (Å²) in [6, 6.07) is 0. The molecule has 0 aromatic heterocycles. The molecule has 0 spiro atoms. The van der Waals surface area contributed by atoms with E-state index in [4.69, 9.17) is 9.47 Å². The minimum Gasteiger partial charge on any atom is -0.463 e. The van der Waals surface area contributed by atoms with Crippen molar-refractivity contribution >= 4 is 11.9 Å². The summed E-state index contributed by atoms with van der Waals surface area (Å²) in [4.78, 5) is 23.3. The molecule has 0 aliphatic heterocycles. The summed E-state index contributed by atoms with van der Waals surface area (Å²) in [6.45, 7) is 3.30. The second kappa shape index (κ2) is 7.81. The van der Waals surface area contributed by atoms with Crippen LogP contribution in [0, 0.1) is 11.8 Å². The summed E-state index contributed by atoms with van der Waals surface area (Å²) in [7, 11) is 0. The van der Waals surface area contributed by atoms with Crippen LogP contribution in [-0.2, 0) is 19.1 Å². The molecule has 2 saturated carbocycles. The van der Waals surface area contributed by atoms with Crippen molar-refractivity contribution in [1.29, 1.82) is 0 Å². The Balaban J connectivity index is 1.91. The predicted octanol–water partition coefficient (Wildman–Crippen LogP) is 3.62. The van der Waals surface area contributed by atoms with Gasteiger partial charge in [-0.05, 0) is 38.5 Å². The Bertz CT molecular complexity index is 354. The molecule has 0 amide bonds. The highest BCUT2D eigenvalue weighted by Gasteiger charge is 2.33. The van der Waals surface area contributed by atoms with Gasteiger partial charge in [0.25, 0.3) is 0 Å². The van der Waals surface area contributed by atoms with Crippen molar-refractivity contribution in [3.63, 3.8) is 0 Å². The molecule has 0 aromatic rings. The zero-order valence-corrected chi connectivity index (χ0v) is 13.3. The maximum Gasteiger partial charge on any atom is 0.309 e. The van der Waals surface area contributed by atoms with Crippen LogP contribution >= 0.6 is 0 Å². The van der Waals surface area contributed by atoms with E-state index in [1.54, 1.807) is 0 Å². The van der Waals surface area contributed by atoms with Gasteiger partial charge in [-0.25, -0.2) is 0 Å². The first-order chi connectivity index (χ1) is 10.1. The lowest BCUT2D eigenvalue weighted by Crippen LogP contribution is -2.32. The molecule has 0 saturated heterocycles. The third-order valence-corrected chi connectivity index (χ3v) is 4.81. The zero-order chi connectivity index (χ0) is 15.2. The first kappa shape index (κ1) is 16.3. The Morgan fingerprint density at radius 1 is 1.00 bits per heavy atom. The van der Waals surface area contributed by atoms with Crippen LogP contribution < -0.4 is 0 Å². The standard InChI is InChI=1S/C17H28O4/c1-12(20-13(2)18)11-16(14-7-3-4-8-14)21-17(19)15-9-5-6-10-15/h12,14-16H,3-11H2,1-2H3/t12-,16+/m1/s1. The zero-order valence-electron chi connectivity index (χ0n) is 13.3. The van der Waals surface area contributed by atoms with Crippen LogP contribution in [0.3, 0.4) is 0 Å². The quantitative estimate of drug-likeness (QED) is 0.702. The first-order valence-electron chi connectivity index (χ1n) is 8.44. The Labute approximate surface area is 127 Å². The van der Waals surface area contributed by atoms with E-state index in [0.717, 1.165) is 38.5 Å². The summed E-state index contributed by atoms with van der Waals surface area (Å²) in [5.74, 6) is 0.237. The van der Waals surface area contributed by atoms with Crippen LogP contribution in [0.5, 0.6) is 0 Å². The molecule has 0 N–H and O–H groups in total. The summed E-state index contributed by atoms with van der Waals surface area (Å²) in [5.41, 5.74) is 0. The van der Waals surface area contributed by atoms with Crippen molar-refractivity contribution in [3.8, 4) is 0 Å². The van der Waals surface area contributed by atoms with Gasteiger partial charge in [-0.3, -0.25) is 9.59 Å². The van der Waals surface area contributed by atoms with Crippen LogP contribution in [0.25, 0.3) is 0 Å². The average Bonchev–Trinajstić information content (AvgIpc) is 3.10. The lowest BCUT2D eigenvalue weighted by atomic mass is 9.95. The largest absolute Gasteiger partial charge is 0.463 e. The maximum absolute atomic E-state index is 12.3. The highest BCUT2D eigenvalue weighted by atomic mass is 16.6. The van der Waals surface area contributed by atoms with E-state index in [9.17, 15) is 9.59 Å². The van der Waals surface area contributed by atoms with Gasteiger partial charge in [-0.1, -0.05) is 25.7 Å². The highest BCUT2D eigenvalue weighted by molar-refractivity contribution is 5.73. The minimum atomic E-state index is -0.269. The van der Waals surface area contributed by atoms with E-state index < -0.39 is 0 Å². The Morgan fingerprint density at radius 2 is 1.57 bits per heavy atom. The number of esters is 2. The number of carbonyl (C=O) groups is 2. The van der Waals surface area contributed by atoms with Crippen LogP contribution in [0.2, 0.25) is 0 Å². The predicted molar refractivity (Wildman–Crippen MR) is 79.6 cm³/mol. The van der Waals surface area contributed by atoms with Gasteiger partial charge in [0.15, 0.2) is 0 Å². The molecule has 0 radical (unpaired) electrons. The fraction of sp³-hybridized carbons (Fsp3) is 0.882.